The number of rotatable bonds is 10. The van der Waals surface area contributed by atoms with Crippen LogP contribution in [0.15, 0.2) is 48.5 Å². The molecule has 0 bridgehead atoms. The monoisotopic (exact) mass is 606 g/mol. The van der Waals surface area contributed by atoms with Crippen LogP contribution >= 0.6 is 11.6 Å². The van der Waals surface area contributed by atoms with Crippen molar-refractivity contribution in [2.24, 2.45) is 17.8 Å². The SMILES string of the molecule is O=C1NCC[C@H]1C[C@H](NC(=O)[C@@H]1[C@H]2CCC[C@H]2CN1C(=O)c1cc2c(Cl)ccc(OCc3ccccc3)c2[nH]1)C(=O)CO. The molecular weight excluding hydrogens is 572 g/mol. The van der Waals surface area contributed by atoms with Gasteiger partial charge in [-0.05, 0) is 61.3 Å². The number of hydrogen-bond acceptors (Lipinski definition) is 6. The quantitative estimate of drug-likeness (QED) is 0.279. The van der Waals surface area contributed by atoms with Crippen molar-refractivity contribution in [2.45, 2.75) is 50.8 Å². The number of carbonyl (C=O) groups excluding carboxylic acids is 4. The van der Waals surface area contributed by atoms with Gasteiger partial charge in [0.1, 0.15) is 30.7 Å². The Kier molecular flexibility index (Phi) is 8.41. The highest BCUT2D eigenvalue weighted by Crippen LogP contribution is 2.43. The largest absolute Gasteiger partial charge is 0.487 e. The highest BCUT2D eigenvalue weighted by Gasteiger charge is 2.50. The van der Waals surface area contributed by atoms with Gasteiger partial charge in [0.15, 0.2) is 5.78 Å². The first-order valence-corrected chi connectivity index (χ1v) is 15.2. The molecule has 226 valence electrons. The van der Waals surface area contributed by atoms with E-state index >= 15 is 0 Å². The molecule has 0 radical (unpaired) electrons. The second-order valence-corrected chi connectivity index (χ2v) is 12.2. The van der Waals surface area contributed by atoms with Gasteiger partial charge in [0, 0.05) is 24.4 Å². The zero-order valence-corrected chi connectivity index (χ0v) is 24.4. The highest BCUT2D eigenvalue weighted by molar-refractivity contribution is 6.35. The van der Waals surface area contributed by atoms with E-state index in [1.165, 1.54) is 0 Å². The zero-order valence-electron chi connectivity index (χ0n) is 23.7. The van der Waals surface area contributed by atoms with Gasteiger partial charge in [0.2, 0.25) is 11.8 Å². The number of carbonyl (C=O) groups is 4. The Balaban J connectivity index is 1.24. The fraction of sp³-hybridized carbons (Fsp3) is 0.438. The lowest BCUT2D eigenvalue weighted by Gasteiger charge is -2.29. The summed E-state index contributed by atoms with van der Waals surface area (Å²) in [6.07, 6.45) is 3.34. The molecule has 4 N–H and O–H groups in total. The molecule has 6 rings (SSSR count). The fourth-order valence-corrected chi connectivity index (χ4v) is 7.14. The summed E-state index contributed by atoms with van der Waals surface area (Å²) in [6, 6.07) is 13.1. The van der Waals surface area contributed by atoms with Crippen LogP contribution in [0, 0.1) is 17.8 Å². The van der Waals surface area contributed by atoms with Crippen molar-refractivity contribution < 1.29 is 29.0 Å². The predicted octanol–water partition coefficient (Wildman–Crippen LogP) is 3.21. The Morgan fingerprint density at radius 3 is 2.67 bits per heavy atom. The number of halogens is 1. The van der Waals surface area contributed by atoms with Crippen LogP contribution in [0.1, 0.15) is 48.2 Å². The van der Waals surface area contributed by atoms with Crippen molar-refractivity contribution in [2.75, 3.05) is 19.7 Å². The number of aliphatic hydroxyl groups is 1. The molecule has 3 heterocycles. The third-order valence-corrected chi connectivity index (χ3v) is 9.46. The van der Waals surface area contributed by atoms with Crippen molar-refractivity contribution in [1.29, 1.82) is 0 Å². The van der Waals surface area contributed by atoms with Crippen LogP contribution in [0.25, 0.3) is 10.9 Å². The van der Waals surface area contributed by atoms with E-state index in [1.54, 1.807) is 23.1 Å². The molecule has 5 atom stereocenters. The molecule has 1 aliphatic carbocycles. The molecule has 11 heteroatoms. The molecule has 2 aromatic carbocycles. The molecule has 3 aromatic rings. The number of Topliss-reactive ketones (excluding diaryl/α,β-unsaturated/α-hetero) is 1. The van der Waals surface area contributed by atoms with Gasteiger partial charge in [-0.2, -0.15) is 0 Å². The van der Waals surface area contributed by atoms with Gasteiger partial charge in [-0.15, -0.1) is 0 Å². The first-order chi connectivity index (χ1) is 20.8. The van der Waals surface area contributed by atoms with Crippen LogP contribution in [0.2, 0.25) is 5.02 Å². The molecule has 1 saturated carbocycles. The molecule has 2 saturated heterocycles. The number of likely N-dealkylation sites (tertiary alicyclic amines) is 1. The number of amides is 3. The van der Waals surface area contributed by atoms with E-state index < -0.39 is 36.3 Å². The van der Waals surface area contributed by atoms with Crippen LogP contribution in [-0.4, -0.2) is 70.3 Å². The smallest absolute Gasteiger partial charge is 0.271 e. The second-order valence-electron chi connectivity index (χ2n) is 11.7. The van der Waals surface area contributed by atoms with Crippen molar-refractivity contribution in [3.8, 4) is 5.75 Å². The third-order valence-electron chi connectivity index (χ3n) is 9.13. The van der Waals surface area contributed by atoms with Crippen molar-refractivity contribution >= 4 is 46.0 Å². The van der Waals surface area contributed by atoms with Gasteiger partial charge in [-0.25, -0.2) is 0 Å². The van der Waals surface area contributed by atoms with E-state index in [4.69, 9.17) is 16.3 Å². The standard InChI is InChI=1S/C32H35ClN4O6/c33-23-9-10-27(43-17-18-5-2-1-3-6-18)28-22(23)14-25(35-28)32(42)37-15-20-7-4-8-21(20)29(37)31(41)36-24(26(39)16-38)13-19-11-12-34-30(19)40/h1-3,5-6,9-10,14,19-21,24,29,35,38H,4,7-8,11-13,15-17H2,(H,34,40)(H,36,41)/t19-,20-,21-,24-,29-/m0/s1. The molecule has 43 heavy (non-hydrogen) atoms. The normalized spacial score (nSPS) is 23.7. The minimum atomic E-state index is -1.01. The molecule has 0 unspecified atom stereocenters. The summed E-state index contributed by atoms with van der Waals surface area (Å²) in [5, 5.41) is 16.2. The van der Waals surface area contributed by atoms with Gasteiger partial charge >= 0.3 is 0 Å². The van der Waals surface area contributed by atoms with Gasteiger partial charge in [-0.3, -0.25) is 19.2 Å². The Labute approximate surface area is 254 Å². The van der Waals surface area contributed by atoms with Crippen molar-refractivity contribution in [3.63, 3.8) is 0 Å². The summed E-state index contributed by atoms with van der Waals surface area (Å²) in [7, 11) is 0. The number of ether oxygens (including phenoxy) is 1. The van der Waals surface area contributed by atoms with E-state index in [0.29, 0.717) is 47.8 Å². The molecule has 2 aliphatic heterocycles. The fourth-order valence-electron chi connectivity index (χ4n) is 6.93. The van der Waals surface area contributed by atoms with Gasteiger partial charge in [-0.1, -0.05) is 48.4 Å². The number of aromatic nitrogens is 1. The van der Waals surface area contributed by atoms with Crippen molar-refractivity contribution in [3.05, 3.63) is 64.8 Å². The van der Waals surface area contributed by atoms with Crippen LogP contribution in [0.3, 0.4) is 0 Å². The molecular formula is C32H35ClN4O6. The Hall–Kier alpha value is -3.89. The number of nitrogens with zero attached hydrogens (tertiary/aromatic N) is 1. The highest BCUT2D eigenvalue weighted by atomic mass is 35.5. The third kappa shape index (κ3) is 5.86. The van der Waals surface area contributed by atoms with Crippen LogP contribution < -0.4 is 15.4 Å². The van der Waals surface area contributed by atoms with E-state index in [0.717, 1.165) is 24.8 Å². The summed E-state index contributed by atoms with van der Waals surface area (Å²) >= 11 is 6.52. The summed E-state index contributed by atoms with van der Waals surface area (Å²) in [6.45, 7) is 0.530. The van der Waals surface area contributed by atoms with Crippen LogP contribution in [0.4, 0.5) is 0 Å². The zero-order chi connectivity index (χ0) is 30.1. The summed E-state index contributed by atoms with van der Waals surface area (Å²) in [4.78, 5) is 57.5. The van der Waals surface area contributed by atoms with Gasteiger partial charge < -0.3 is 30.4 Å². The van der Waals surface area contributed by atoms with Crippen LogP contribution in [0.5, 0.6) is 5.75 Å². The van der Waals surface area contributed by atoms with Crippen molar-refractivity contribution in [1.82, 2.24) is 20.5 Å². The Morgan fingerprint density at radius 2 is 1.93 bits per heavy atom. The minimum absolute atomic E-state index is 0.0404. The summed E-state index contributed by atoms with van der Waals surface area (Å²) in [5.74, 6) is -1.23. The van der Waals surface area contributed by atoms with E-state index in [9.17, 15) is 24.3 Å². The van der Waals surface area contributed by atoms with E-state index in [-0.39, 0.29) is 35.8 Å². The molecule has 3 fully saturated rings. The van der Waals surface area contributed by atoms with Gasteiger partial charge in [0.25, 0.3) is 5.91 Å². The Bertz CT molecular complexity index is 1540. The van der Waals surface area contributed by atoms with E-state index in [2.05, 4.69) is 15.6 Å². The summed E-state index contributed by atoms with van der Waals surface area (Å²) < 4.78 is 6.08. The molecule has 3 amide bonds. The minimum Gasteiger partial charge on any atom is -0.487 e. The Morgan fingerprint density at radius 1 is 1.12 bits per heavy atom. The first kappa shape index (κ1) is 29.2. The number of nitrogens with one attached hydrogen (secondary N) is 3. The average molecular weight is 607 g/mol. The number of aliphatic hydroxyl groups excluding tert-OH is 1. The number of hydrogen-bond donors (Lipinski definition) is 4. The summed E-state index contributed by atoms with van der Waals surface area (Å²) in [5.41, 5.74) is 1.88. The molecule has 0 spiro atoms. The number of fused-ring (bicyclic) bond motifs is 2. The number of aromatic amines is 1. The number of benzene rings is 2. The lowest BCUT2D eigenvalue weighted by Crippen LogP contribution is -2.53. The number of H-pyrrole nitrogens is 1. The van der Waals surface area contributed by atoms with Crippen LogP contribution in [-0.2, 0) is 21.0 Å². The lowest BCUT2D eigenvalue weighted by atomic mass is 9.92. The predicted molar refractivity (Wildman–Crippen MR) is 159 cm³/mol. The maximum absolute atomic E-state index is 14.0. The average Bonchev–Trinajstić information content (AvgIpc) is 3.81. The topological polar surface area (TPSA) is 141 Å². The second kappa shape index (κ2) is 12.4. The molecule has 1 aromatic heterocycles. The molecule has 3 aliphatic rings. The molecule has 10 nitrogen and oxygen atoms in total. The number of ketones is 1. The maximum Gasteiger partial charge on any atom is 0.271 e. The van der Waals surface area contributed by atoms with E-state index in [1.807, 2.05) is 30.3 Å². The first-order valence-electron chi connectivity index (χ1n) is 14.8. The lowest BCUT2D eigenvalue weighted by molar-refractivity contribution is -0.133. The maximum atomic E-state index is 14.0. The van der Waals surface area contributed by atoms with Gasteiger partial charge in [0.05, 0.1) is 16.6 Å².